The van der Waals surface area contributed by atoms with Crippen LogP contribution >= 0.6 is 0 Å². The number of aromatic nitrogens is 2. The van der Waals surface area contributed by atoms with E-state index in [-0.39, 0.29) is 5.91 Å². The highest BCUT2D eigenvalue weighted by atomic mass is 16.5. The Labute approximate surface area is 159 Å². The molecule has 1 aromatic carbocycles. The normalized spacial score (nSPS) is 10.9. The van der Waals surface area contributed by atoms with Crippen LogP contribution < -0.4 is 4.74 Å². The zero-order valence-corrected chi connectivity index (χ0v) is 16.0. The van der Waals surface area contributed by atoms with Crippen LogP contribution in [0.15, 0.2) is 48.8 Å². The maximum Gasteiger partial charge on any atom is 0.253 e. The molecule has 2 heterocycles. The van der Waals surface area contributed by atoms with Crippen molar-refractivity contribution in [2.24, 2.45) is 0 Å². The van der Waals surface area contributed by atoms with Gasteiger partial charge in [-0.25, -0.2) is 4.98 Å². The second-order valence-electron chi connectivity index (χ2n) is 6.59. The highest BCUT2D eigenvalue weighted by Gasteiger charge is 2.12. The molecule has 27 heavy (non-hydrogen) atoms. The second-order valence-corrected chi connectivity index (χ2v) is 6.59. The predicted octanol–water partition coefficient (Wildman–Crippen LogP) is 3.33. The van der Waals surface area contributed by atoms with Crippen LogP contribution in [0.25, 0.3) is 5.65 Å². The molecule has 0 saturated heterocycles. The van der Waals surface area contributed by atoms with E-state index < -0.39 is 0 Å². The minimum atomic E-state index is -0.0280. The van der Waals surface area contributed by atoms with E-state index in [1.165, 1.54) is 5.56 Å². The third-order valence-corrected chi connectivity index (χ3v) is 4.31. The first kappa shape index (κ1) is 18.9. The lowest BCUT2D eigenvalue weighted by Crippen LogP contribution is -2.28. The largest absolute Gasteiger partial charge is 0.487 e. The Balaban J connectivity index is 1.63. The Morgan fingerprint density at radius 2 is 2.07 bits per heavy atom. The molecule has 0 radical (unpaired) electrons. The second kappa shape index (κ2) is 8.68. The Hall–Kier alpha value is -2.86. The molecule has 3 aromatic rings. The van der Waals surface area contributed by atoms with Gasteiger partial charge in [0.2, 0.25) is 0 Å². The Morgan fingerprint density at radius 1 is 1.22 bits per heavy atom. The van der Waals surface area contributed by atoms with Crippen molar-refractivity contribution in [2.75, 3.05) is 27.3 Å². The molecule has 0 bridgehead atoms. The summed E-state index contributed by atoms with van der Waals surface area (Å²) in [5.41, 5.74) is 3.51. The summed E-state index contributed by atoms with van der Waals surface area (Å²) in [7, 11) is 3.46. The molecule has 0 atom stereocenters. The number of amides is 1. The molecule has 0 N–H and O–H groups in total. The molecule has 0 aliphatic rings. The van der Waals surface area contributed by atoms with E-state index in [1.807, 2.05) is 48.0 Å². The van der Waals surface area contributed by atoms with Gasteiger partial charge in [0.1, 0.15) is 18.0 Å². The summed E-state index contributed by atoms with van der Waals surface area (Å²) in [6.07, 6.45) is 4.80. The fourth-order valence-corrected chi connectivity index (χ4v) is 2.87. The molecular formula is C21H25N3O3. The minimum absolute atomic E-state index is 0.0280. The van der Waals surface area contributed by atoms with E-state index in [0.717, 1.165) is 17.8 Å². The van der Waals surface area contributed by atoms with Crippen LogP contribution in [0.4, 0.5) is 0 Å². The molecule has 142 valence electrons. The number of imidazole rings is 1. The fourth-order valence-electron chi connectivity index (χ4n) is 2.87. The lowest BCUT2D eigenvalue weighted by molar-refractivity contribution is 0.0779. The van der Waals surface area contributed by atoms with Crippen LogP contribution in [0.1, 0.15) is 28.0 Å². The Morgan fingerprint density at radius 3 is 2.89 bits per heavy atom. The molecule has 0 aliphatic carbocycles. The van der Waals surface area contributed by atoms with Crippen molar-refractivity contribution in [1.29, 1.82) is 0 Å². The quantitative estimate of drug-likeness (QED) is 0.573. The molecule has 2 aromatic heterocycles. The van der Waals surface area contributed by atoms with Crippen LogP contribution in [0.2, 0.25) is 0 Å². The van der Waals surface area contributed by atoms with Crippen molar-refractivity contribution >= 4 is 11.6 Å². The summed E-state index contributed by atoms with van der Waals surface area (Å²) >= 11 is 0. The Bertz CT molecular complexity index is 920. The number of rotatable bonds is 8. The number of nitrogens with zero attached hydrogens (tertiary/aromatic N) is 3. The van der Waals surface area contributed by atoms with E-state index >= 15 is 0 Å². The molecule has 6 heteroatoms. The maximum atomic E-state index is 12.5. The van der Waals surface area contributed by atoms with E-state index in [2.05, 4.69) is 4.98 Å². The number of fused-ring (bicyclic) bond motifs is 1. The van der Waals surface area contributed by atoms with Gasteiger partial charge in [-0.05, 0) is 43.2 Å². The van der Waals surface area contributed by atoms with Crippen LogP contribution in [0.5, 0.6) is 5.75 Å². The first-order chi connectivity index (χ1) is 13.1. The number of carbonyl (C=O) groups is 1. The van der Waals surface area contributed by atoms with Crippen molar-refractivity contribution < 1.29 is 14.3 Å². The number of hydrogen-bond acceptors (Lipinski definition) is 4. The Kier molecular flexibility index (Phi) is 6.08. The summed E-state index contributed by atoms with van der Waals surface area (Å²) in [5, 5.41) is 0. The first-order valence-electron chi connectivity index (χ1n) is 8.98. The molecule has 3 rings (SSSR count). The zero-order valence-electron chi connectivity index (χ0n) is 16.0. The fraction of sp³-hybridized carbons (Fsp3) is 0.333. The van der Waals surface area contributed by atoms with Gasteiger partial charge in [-0.2, -0.15) is 0 Å². The highest BCUT2D eigenvalue weighted by molar-refractivity contribution is 5.94. The molecule has 0 aliphatic heterocycles. The lowest BCUT2D eigenvalue weighted by Gasteiger charge is -2.17. The van der Waals surface area contributed by atoms with Gasteiger partial charge < -0.3 is 18.8 Å². The van der Waals surface area contributed by atoms with Gasteiger partial charge >= 0.3 is 0 Å². The molecule has 1 amide bonds. The number of pyridine rings is 1. The van der Waals surface area contributed by atoms with Crippen molar-refractivity contribution in [3.8, 4) is 5.75 Å². The van der Waals surface area contributed by atoms with Gasteiger partial charge in [-0.3, -0.25) is 4.79 Å². The summed E-state index contributed by atoms with van der Waals surface area (Å²) in [6.45, 7) is 3.68. The number of methoxy groups -OCH3 is 1. The molecule has 0 spiro atoms. The topological polar surface area (TPSA) is 56.1 Å². The summed E-state index contributed by atoms with van der Waals surface area (Å²) in [5.74, 6) is 0.624. The number of aryl methyl sites for hydroxylation is 1. The van der Waals surface area contributed by atoms with Gasteiger partial charge in [0.05, 0.1) is 5.69 Å². The average Bonchev–Trinajstić information content (AvgIpc) is 3.08. The number of hydrogen-bond donors (Lipinski definition) is 0. The van der Waals surface area contributed by atoms with Gasteiger partial charge in [-0.1, -0.05) is 12.1 Å². The third-order valence-electron chi connectivity index (χ3n) is 4.31. The standard InChI is InChI=1S/C21H25N3O3/c1-16-8-9-20-22-18(14-24(20)13-16)15-27-19-7-4-6-17(12-19)21(25)23(2)10-5-11-26-3/h4,6-9,12-14H,5,10-11,15H2,1-3H3. The van der Waals surface area contributed by atoms with E-state index in [0.29, 0.717) is 31.1 Å². The molecule has 0 unspecified atom stereocenters. The molecule has 0 saturated carbocycles. The van der Waals surface area contributed by atoms with E-state index in [9.17, 15) is 4.79 Å². The maximum absolute atomic E-state index is 12.5. The smallest absolute Gasteiger partial charge is 0.253 e. The number of benzene rings is 1. The molecule has 0 fully saturated rings. The number of carbonyl (C=O) groups excluding carboxylic acids is 1. The van der Waals surface area contributed by atoms with Crippen molar-refractivity contribution in [3.05, 3.63) is 65.6 Å². The average molecular weight is 367 g/mol. The van der Waals surface area contributed by atoms with E-state index in [4.69, 9.17) is 9.47 Å². The first-order valence-corrected chi connectivity index (χ1v) is 8.98. The number of ether oxygens (including phenoxy) is 2. The predicted molar refractivity (Wildman–Crippen MR) is 104 cm³/mol. The van der Waals surface area contributed by atoms with Gasteiger partial charge in [0, 0.05) is 45.3 Å². The SMILES string of the molecule is COCCCN(C)C(=O)c1cccc(OCc2cn3cc(C)ccc3n2)c1. The van der Waals surface area contributed by atoms with Crippen molar-refractivity contribution in [3.63, 3.8) is 0 Å². The summed E-state index contributed by atoms with van der Waals surface area (Å²) in [4.78, 5) is 18.8. The zero-order chi connectivity index (χ0) is 19.2. The lowest BCUT2D eigenvalue weighted by atomic mass is 10.2. The molecular weight excluding hydrogens is 342 g/mol. The highest BCUT2D eigenvalue weighted by Crippen LogP contribution is 2.17. The van der Waals surface area contributed by atoms with Crippen LogP contribution in [0, 0.1) is 6.92 Å². The monoisotopic (exact) mass is 367 g/mol. The third kappa shape index (κ3) is 4.86. The van der Waals surface area contributed by atoms with Gasteiger partial charge in [0.15, 0.2) is 0 Å². The van der Waals surface area contributed by atoms with Crippen LogP contribution in [0.3, 0.4) is 0 Å². The molecule has 6 nitrogen and oxygen atoms in total. The van der Waals surface area contributed by atoms with E-state index in [1.54, 1.807) is 31.2 Å². The van der Waals surface area contributed by atoms with Crippen molar-refractivity contribution in [2.45, 2.75) is 20.0 Å². The van der Waals surface area contributed by atoms with Crippen LogP contribution in [-0.4, -0.2) is 47.5 Å². The minimum Gasteiger partial charge on any atom is -0.487 e. The van der Waals surface area contributed by atoms with Crippen LogP contribution in [-0.2, 0) is 11.3 Å². The summed E-state index contributed by atoms with van der Waals surface area (Å²) in [6, 6.07) is 11.3. The van der Waals surface area contributed by atoms with Crippen molar-refractivity contribution in [1.82, 2.24) is 14.3 Å². The summed E-state index contributed by atoms with van der Waals surface area (Å²) < 4.78 is 12.9. The van der Waals surface area contributed by atoms with Gasteiger partial charge in [0.25, 0.3) is 5.91 Å². The van der Waals surface area contributed by atoms with Gasteiger partial charge in [-0.15, -0.1) is 0 Å².